The first-order chi connectivity index (χ1) is 12.7. The van der Waals surface area contributed by atoms with Gasteiger partial charge in [0.15, 0.2) is 0 Å². The number of aromatic nitrogens is 3. The van der Waals surface area contributed by atoms with Crippen LogP contribution in [0.2, 0.25) is 0 Å². The van der Waals surface area contributed by atoms with Gasteiger partial charge in [0.1, 0.15) is 18.8 Å². The highest BCUT2D eigenvalue weighted by Crippen LogP contribution is 2.20. The third-order valence-corrected chi connectivity index (χ3v) is 3.98. The summed E-state index contributed by atoms with van der Waals surface area (Å²) in [6, 6.07) is 10.4. The number of imidazole rings is 1. The van der Waals surface area contributed by atoms with Crippen LogP contribution in [0.3, 0.4) is 0 Å². The van der Waals surface area contributed by atoms with Gasteiger partial charge in [-0.3, -0.25) is 14.3 Å². The molecule has 2 amide bonds. The molecule has 26 heavy (non-hydrogen) atoms. The van der Waals surface area contributed by atoms with E-state index in [1.165, 1.54) is 4.90 Å². The quantitative estimate of drug-likeness (QED) is 0.781. The summed E-state index contributed by atoms with van der Waals surface area (Å²) in [5, 5.41) is 2.80. The molecule has 0 spiro atoms. The van der Waals surface area contributed by atoms with E-state index >= 15 is 0 Å². The summed E-state index contributed by atoms with van der Waals surface area (Å²) in [4.78, 5) is 33.7. The van der Waals surface area contributed by atoms with E-state index in [1.807, 2.05) is 0 Å². The predicted octanol–water partition coefficient (Wildman–Crippen LogP) is 2.48. The maximum absolute atomic E-state index is 12.4. The van der Waals surface area contributed by atoms with E-state index in [2.05, 4.69) is 15.3 Å². The van der Waals surface area contributed by atoms with Crippen molar-refractivity contribution in [1.29, 1.82) is 0 Å². The van der Waals surface area contributed by atoms with Crippen LogP contribution in [0.25, 0.3) is 5.82 Å². The van der Waals surface area contributed by atoms with Gasteiger partial charge in [0.2, 0.25) is 0 Å². The highest BCUT2D eigenvalue weighted by molar-refractivity contribution is 6.04. The summed E-state index contributed by atoms with van der Waals surface area (Å²) in [7, 11) is 0. The normalized spacial score (nSPS) is 13.5. The van der Waals surface area contributed by atoms with Crippen LogP contribution in [0.4, 0.5) is 16.2 Å². The number of benzene rings is 1. The molecular formula is C18H15N5O3. The van der Waals surface area contributed by atoms with Gasteiger partial charge in [0.25, 0.3) is 5.91 Å². The molecule has 0 radical (unpaired) electrons. The topological polar surface area (TPSA) is 89.3 Å². The first-order valence-corrected chi connectivity index (χ1v) is 8.01. The van der Waals surface area contributed by atoms with Crippen LogP contribution < -0.4 is 10.2 Å². The van der Waals surface area contributed by atoms with E-state index < -0.39 is 0 Å². The van der Waals surface area contributed by atoms with Crippen LogP contribution in [0.15, 0.2) is 61.3 Å². The van der Waals surface area contributed by atoms with E-state index in [1.54, 1.807) is 65.9 Å². The smallest absolute Gasteiger partial charge is 0.414 e. The molecule has 3 heterocycles. The van der Waals surface area contributed by atoms with Gasteiger partial charge < -0.3 is 10.1 Å². The molecule has 1 aromatic carbocycles. The first kappa shape index (κ1) is 15.8. The van der Waals surface area contributed by atoms with Crippen molar-refractivity contribution in [3.05, 3.63) is 66.9 Å². The van der Waals surface area contributed by atoms with E-state index in [9.17, 15) is 9.59 Å². The van der Waals surface area contributed by atoms with Crippen molar-refractivity contribution in [3.8, 4) is 5.82 Å². The third-order valence-electron chi connectivity index (χ3n) is 3.98. The molecule has 3 aromatic rings. The van der Waals surface area contributed by atoms with E-state index in [0.29, 0.717) is 35.9 Å². The zero-order chi connectivity index (χ0) is 17.9. The number of nitrogens with one attached hydrogen (secondary N) is 1. The average molecular weight is 349 g/mol. The number of hydrogen-bond donors (Lipinski definition) is 1. The van der Waals surface area contributed by atoms with Crippen LogP contribution >= 0.6 is 0 Å². The average Bonchev–Trinajstić information content (AvgIpc) is 3.34. The van der Waals surface area contributed by atoms with Crippen molar-refractivity contribution < 1.29 is 14.3 Å². The van der Waals surface area contributed by atoms with Gasteiger partial charge in [-0.15, -0.1) is 0 Å². The van der Waals surface area contributed by atoms with Crippen molar-refractivity contribution in [1.82, 2.24) is 14.5 Å². The van der Waals surface area contributed by atoms with Crippen molar-refractivity contribution in [2.45, 2.75) is 0 Å². The molecule has 1 aliphatic rings. The summed E-state index contributed by atoms with van der Waals surface area (Å²) in [6.45, 7) is 0.891. The number of carbonyl (C=O) groups excluding carboxylic acids is 2. The monoisotopic (exact) mass is 349 g/mol. The number of amides is 2. The van der Waals surface area contributed by atoms with Crippen molar-refractivity contribution in [2.75, 3.05) is 23.4 Å². The number of cyclic esters (lactones) is 1. The van der Waals surface area contributed by atoms with Crippen molar-refractivity contribution >= 4 is 23.4 Å². The SMILES string of the molecule is O=C(Nc1ccc(-n2ccnc2)nc1)c1ccc(N2CCOC2=O)cc1. The van der Waals surface area contributed by atoms with Crippen LogP contribution in [0.5, 0.6) is 0 Å². The van der Waals surface area contributed by atoms with E-state index in [4.69, 9.17) is 4.74 Å². The number of ether oxygens (including phenoxy) is 1. The fraction of sp³-hybridized carbons (Fsp3) is 0.111. The van der Waals surface area contributed by atoms with Gasteiger partial charge >= 0.3 is 6.09 Å². The highest BCUT2D eigenvalue weighted by atomic mass is 16.6. The molecule has 1 saturated heterocycles. The summed E-state index contributed by atoms with van der Waals surface area (Å²) in [6.07, 6.45) is 6.33. The largest absolute Gasteiger partial charge is 0.447 e. The Hall–Kier alpha value is -3.68. The summed E-state index contributed by atoms with van der Waals surface area (Å²) in [5.74, 6) is 0.458. The lowest BCUT2D eigenvalue weighted by molar-refractivity contribution is 0.102. The molecule has 130 valence electrons. The molecular weight excluding hydrogens is 334 g/mol. The number of anilines is 2. The van der Waals surface area contributed by atoms with Gasteiger partial charge in [0, 0.05) is 23.6 Å². The van der Waals surface area contributed by atoms with E-state index in [-0.39, 0.29) is 12.0 Å². The van der Waals surface area contributed by atoms with Crippen LogP contribution in [-0.2, 0) is 4.74 Å². The van der Waals surface area contributed by atoms with Gasteiger partial charge in [-0.25, -0.2) is 14.8 Å². The summed E-state index contributed by atoms with van der Waals surface area (Å²) >= 11 is 0. The van der Waals surface area contributed by atoms with Gasteiger partial charge in [-0.1, -0.05) is 0 Å². The molecule has 2 aromatic heterocycles. The molecule has 0 aliphatic carbocycles. The zero-order valence-corrected chi connectivity index (χ0v) is 13.7. The number of hydrogen-bond acceptors (Lipinski definition) is 5. The summed E-state index contributed by atoms with van der Waals surface area (Å²) < 4.78 is 6.68. The number of carbonyl (C=O) groups is 2. The van der Waals surface area contributed by atoms with Gasteiger partial charge in [-0.2, -0.15) is 0 Å². The van der Waals surface area contributed by atoms with E-state index in [0.717, 1.165) is 0 Å². The maximum Gasteiger partial charge on any atom is 0.414 e. The molecule has 1 N–H and O–H groups in total. The number of rotatable bonds is 4. The molecule has 1 fully saturated rings. The first-order valence-electron chi connectivity index (χ1n) is 8.01. The van der Waals surface area contributed by atoms with Gasteiger partial charge in [-0.05, 0) is 36.4 Å². The highest BCUT2D eigenvalue weighted by Gasteiger charge is 2.23. The molecule has 4 rings (SSSR count). The molecule has 8 heteroatoms. The Morgan fingerprint density at radius 3 is 2.62 bits per heavy atom. The Balaban J connectivity index is 1.43. The second-order valence-corrected chi connectivity index (χ2v) is 5.64. The maximum atomic E-state index is 12.4. The number of nitrogens with zero attached hydrogens (tertiary/aromatic N) is 4. The number of pyridine rings is 1. The molecule has 0 saturated carbocycles. The minimum Gasteiger partial charge on any atom is -0.447 e. The molecule has 0 atom stereocenters. The summed E-state index contributed by atoms with van der Waals surface area (Å²) in [5.41, 5.74) is 1.78. The Morgan fingerprint density at radius 2 is 2.00 bits per heavy atom. The van der Waals surface area contributed by atoms with Crippen molar-refractivity contribution in [3.63, 3.8) is 0 Å². The lowest BCUT2D eigenvalue weighted by Gasteiger charge is -2.13. The zero-order valence-electron chi connectivity index (χ0n) is 13.7. The minimum absolute atomic E-state index is 0.252. The predicted molar refractivity (Wildman–Crippen MR) is 94.4 cm³/mol. The van der Waals surface area contributed by atoms with Crippen molar-refractivity contribution in [2.24, 2.45) is 0 Å². The fourth-order valence-electron chi connectivity index (χ4n) is 2.63. The lowest BCUT2D eigenvalue weighted by Crippen LogP contribution is -2.23. The fourth-order valence-corrected chi connectivity index (χ4v) is 2.63. The minimum atomic E-state index is -0.369. The standard InChI is InChI=1S/C18H15N5O3/c24-17(13-1-4-15(5-2-13)23-9-10-26-18(23)25)21-14-3-6-16(20-11-14)22-8-7-19-12-22/h1-8,11-12H,9-10H2,(H,21,24). The van der Waals surface area contributed by atoms with Crippen LogP contribution in [0.1, 0.15) is 10.4 Å². The Labute approximate surface area is 149 Å². The molecule has 1 aliphatic heterocycles. The molecule has 8 nitrogen and oxygen atoms in total. The second-order valence-electron chi connectivity index (χ2n) is 5.64. The molecule has 0 bridgehead atoms. The van der Waals surface area contributed by atoms with Gasteiger partial charge in [0.05, 0.1) is 18.4 Å². The Bertz CT molecular complexity index is 920. The van der Waals surface area contributed by atoms with Crippen LogP contribution in [-0.4, -0.2) is 39.7 Å². The Morgan fingerprint density at radius 1 is 1.15 bits per heavy atom. The lowest BCUT2D eigenvalue weighted by atomic mass is 10.2. The molecule has 0 unspecified atom stereocenters. The Kier molecular flexibility index (Phi) is 4.06. The second kappa shape index (κ2) is 6.67. The van der Waals surface area contributed by atoms with Crippen LogP contribution in [0, 0.1) is 0 Å². The third kappa shape index (κ3) is 3.12.